The van der Waals surface area contributed by atoms with E-state index in [0.29, 0.717) is 42.5 Å². The van der Waals surface area contributed by atoms with Gasteiger partial charge in [0.25, 0.3) is 0 Å². The summed E-state index contributed by atoms with van der Waals surface area (Å²) in [6.45, 7) is 6.80. The molecule has 0 fully saturated rings. The molecule has 182 valence electrons. The molecule has 0 saturated carbocycles. The fourth-order valence-electron chi connectivity index (χ4n) is 3.98. The van der Waals surface area contributed by atoms with Crippen molar-refractivity contribution in [2.75, 3.05) is 36.5 Å². The third kappa shape index (κ3) is 5.24. The van der Waals surface area contributed by atoms with Crippen molar-refractivity contribution in [2.24, 2.45) is 0 Å². The van der Waals surface area contributed by atoms with Crippen molar-refractivity contribution < 1.29 is 23.5 Å². The Morgan fingerprint density at radius 1 is 1.11 bits per heavy atom. The van der Waals surface area contributed by atoms with E-state index in [-0.39, 0.29) is 30.9 Å². The SMILES string of the molecule is CCOC(=O)c1ccc(-c2cc(NCCN3C(=O)Cc4c(C)ccc(F)c43)nc(OCC)n2)cc1. The minimum atomic E-state index is -0.398. The molecule has 0 aliphatic carbocycles. The van der Waals surface area contributed by atoms with Gasteiger partial charge in [0.05, 0.1) is 36.6 Å². The average molecular weight is 479 g/mol. The largest absolute Gasteiger partial charge is 0.464 e. The van der Waals surface area contributed by atoms with E-state index in [1.54, 1.807) is 43.3 Å². The lowest BCUT2D eigenvalue weighted by atomic mass is 10.1. The van der Waals surface area contributed by atoms with Crippen molar-refractivity contribution in [3.63, 3.8) is 0 Å². The normalized spacial score (nSPS) is 12.5. The molecule has 35 heavy (non-hydrogen) atoms. The van der Waals surface area contributed by atoms with Gasteiger partial charge in [-0.05, 0) is 50.1 Å². The summed E-state index contributed by atoms with van der Waals surface area (Å²) in [6.07, 6.45) is 0.201. The van der Waals surface area contributed by atoms with E-state index >= 15 is 0 Å². The summed E-state index contributed by atoms with van der Waals surface area (Å²) in [4.78, 5) is 34.8. The molecule has 3 aromatic rings. The van der Waals surface area contributed by atoms with Crippen LogP contribution in [0.4, 0.5) is 15.9 Å². The number of fused-ring (bicyclic) bond motifs is 1. The van der Waals surface area contributed by atoms with Crippen LogP contribution in [0.25, 0.3) is 11.3 Å². The predicted molar refractivity (Wildman–Crippen MR) is 130 cm³/mol. The van der Waals surface area contributed by atoms with Gasteiger partial charge in [0.2, 0.25) is 5.91 Å². The Labute approximate surface area is 203 Å². The summed E-state index contributed by atoms with van der Waals surface area (Å²) in [7, 11) is 0. The number of rotatable bonds is 9. The van der Waals surface area contributed by atoms with E-state index in [0.717, 1.165) is 16.7 Å². The Morgan fingerprint density at radius 3 is 2.60 bits per heavy atom. The molecule has 8 nitrogen and oxygen atoms in total. The molecule has 1 aromatic heterocycles. The molecule has 4 rings (SSSR count). The van der Waals surface area contributed by atoms with Crippen LogP contribution < -0.4 is 15.0 Å². The van der Waals surface area contributed by atoms with Crippen LogP contribution in [0.15, 0.2) is 42.5 Å². The number of esters is 1. The first-order valence-corrected chi connectivity index (χ1v) is 11.5. The summed E-state index contributed by atoms with van der Waals surface area (Å²) < 4.78 is 25.0. The number of ether oxygens (including phenoxy) is 2. The second kappa shape index (κ2) is 10.5. The Morgan fingerprint density at radius 2 is 1.89 bits per heavy atom. The molecule has 1 N–H and O–H groups in total. The van der Waals surface area contributed by atoms with Gasteiger partial charge in [-0.25, -0.2) is 9.18 Å². The lowest BCUT2D eigenvalue weighted by Gasteiger charge is -2.19. The van der Waals surface area contributed by atoms with Crippen molar-refractivity contribution in [2.45, 2.75) is 27.2 Å². The van der Waals surface area contributed by atoms with Gasteiger partial charge in [-0.1, -0.05) is 18.2 Å². The molecule has 9 heteroatoms. The van der Waals surface area contributed by atoms with Crippen molar-refractivity contribution in [1.82, 2.24) is 9.97 Å². The minimum absolute atomic E-state index is 0.130. The highest BCUT2D eigenvalue weighted by atomic mass is 19.1. The molecular formula is C26H27FN4O4. The van der Waals surface area contributed by atoms with Crippen LogP contribution in [0.1, 0.15) is 35.3 Å². The van der Waals surface area contributed by atoms with Crippen molar-refractivity contribution in [3.05, 3.63) is 65.0 Å². The third-order valence-corrected chi connectivity index (χ3v) is 5.68. The van der Waals surface area contributed by atoms with Gasteiger partial charge >= 0.3 is 12.0 Å². The van der Waals surface area contributed by atoms with E-state index in [1.165, 1.54) is 11.0 Å². The molecule has 0 saturated heterocycles. The predicted octanol–water partition coefficient (Wildman–Crippen LogP) is 4.17. The zero-order chi connectivity index (χ0) is 24.9. The topological polar surface area (TPSA) is 93.7 Å². The van der Waals surface area contributed by atoms with Crippen molar-refractivity contribution >= 4 is 23.4 Å². The molecular weight excluding hydrogens is 451 g/mol. The van der Waals surface area contributed by atoms with Crippen LogP contribution in [0.2, 0.25) is 0 Å². The molecule has 1 aliphatic heterocycles. The summed E-state index contributed by atoms with van der Waals surface area (Å²) >= 11 is 0. The van der Waals surface area contributed by atoms with Gasteiger partial charge in [0, 0.05) is 24.7 Å². The van der Waals surface area contributed by atoms with Gasteiger partial charge in [-0.2, -0.15) is 9.97 Å². The van der Waals surface area contributed by atoms with Crippen LogP contribution in [0.3, 0.4) is 0 Å². The average Bonchev–Trinajstić information content (AvgIpc) is 3.19. The first-order chi connectivity index (χ1) is 16.9. The Balaban J connectivity index is 1.51. The number of nitrogens with one attached hydrogen (secondary N) is 1. The molecule has 2 heterocycles. The molecule has 0 atom stereocenters. The number of carbonyl (C=O) groups excluding carboxylic acids is 2. The number of aromatic nitrogens is 2. The fraction of sp³-hybridized carbons (Fsp3) is 0.308. The molecule has 0 spiro atoms. The minimum Gasteiger partial charge on any atom is -0.464 e. The summed E-state index contributed by atoms with van der Waals surface area (Å²) in [5, 5.41) is 3.19. The summed E-state index contributed by atoms with van der Waals surface area (Å²) in [5.41, 5.74) is 3.82. The number of anilines is 2. The highest BCUT2D eigenvalue weighted by molar-refractivity contribution is 6.02. The van der Waals surface area contributed by atoms with E-state index in [1.807, 2.05) is 13.8 Å². The fourth-order valence-corrected chi connectivity index (χ4v) is 3.98. The number of aryl methyl sites for hydroxylation is 1. The Bertz CT molecular complexity index is 1250. The molecule has 2 aromatic carbocycles. The molecule has 0 bridgehead atoms. The van der Waals surface area contributed by atoms with Crippen LogP contribution >= 0.6 is 0 Å². The number of hydrogen-bond donors (Lipinski definition) is 1. The first-order valence-electron chi connectivity index (χ1n) is 11.5. The van der Waals surface area contributed by atoms with Gasteiger partial charge in [-0.3, -0.25) is 4.79 Å². The zero-order valence-corrected chi connectivity index (χ0v) is 19.9. The quantitative estimate of drug-likeness (QED) is 0.462. The second-order valence-corrected chi connectivity index (χ2v) is 7.99. The second-order valence-electron chi connectivity index (χ2n) is 7.99. The molecule has 0 unspecified atom stereocenters. The highest BCUT2D eigenvalue weighted by Crippen LogP contribution is 2.33. The van der Waals surface area contributed by atoms with E-state index in [9.17, 15) is 14.0 Å². The Hall–Kier alpha value is -4.01. The van der Waals surface area contributed by atoms with Gasteiger partial charge < -0.3 is 19.7 Å². The summed E-state index contributed by atoms with van der Waals surface area (Å²) in [5.74, 6) is -0.408. The van der Waals surface area contributed by atoms with Gasteiger partial charge in [0.1, 0.15) is 11.6 Å². The standard InChI is InChI=1S/C26H27FN4O4/c1-4-34-25(33)18-9-7-17(8-10-18)21-15-22(30-26(29-21)35-5-2)28-12-13-31-23(32)14-19-16(3)6-11-20(27)24(19)31/h6-11,15H,4-5,12-14H2,1-3H3,(H,28,29,30). The maximum atomic E-state index is 14.5. The smallest absolute Gasteiger partial charge is 0.338 e. The number of nitrogens with zero attached hydrogens (tertiary/aromatic N) is 3. The van der Waals surface area contributed by atoms with Crippen LogP contribution in [-0.2, 0) is 16.0 Å². The number of carbonyl (C=O) groups is 2. The van der Waals surface area contributed by atoms with E-state index in [2.05, 4.69) is 15.3 Å². The van der Waals surface area contributed by atoms with Crippen LogP contribution in [-0.4, -0.2) is 48.1 Å². The third-order valence-electron chi connectivity index (χ3n) is 5.68. The highest BCUT2D eigenvalue weighted by Gasteiger charge is 2.31. The summed E-state index contributed by atoms with van der Waals surface area (Å²) in [6, 6.07) is 12.0. The molecule has 1 amide bonds. The molecule has 1 aliphatic rings. The van der Waals surface area contributed by atoms with E-state index < -0.39 is 5.82 Å². The van der Waals surface area contributed by atoms with Gasteiger partial charge in [0.15, 0.2) is 0 Å². The van der Waals surface area contributed by atoms with E-state index in [4.69, 9.17) is 9.47 Å². The number of benzene rings is 2. The molecule has 0 radical (unpaired) electrons. The lowest BCUT2D eigenvalue weighted by Crippen LogP contribution is -2.32. The van der Waals surface area contributed by atoms with Gasteiger partial charge in [-0.15, -0.1) is 0 Å². The number of halogens is 1. The van der Waals surface area contributed by atoms with Crippen molar-refractivity contribution in [1.29, 1.82) is 0 Å². The Kier molecular flexibility index (Phi) is 7.24. The first kappa shape index (κ1) is 24.1. The number of amides is 1. The maximum Gasteiger partial charge on any atom is 0.338 e. The monoisotopic (exact) mass is 478 g/mol. The number of hydrogen-bond acceptors (Lipinski definition) is 7. The van der Waals surface area contributed by atoms with Crippen LogP contribution in [0.5, 0.6) is 6.01 Å². The maximum absolute atomic E-state index is 14.5. The zero-order valence-electron chi connectivity index (χ0n) is 19.9. The lowest BCUT2D eigenvalue weighted by molar-refractivity contribution is -0.117. The van der Waals surface area contributed by atoms with Crippen LogP contribution in [0, 0.1) is 12.7 Å². The van der Waals surface area contributed by atoms with Crippen molar-refractivity contribution in [3.8, 4) is 17.3 Å².